The molecule has 1 saturated heterocycles. The molecule has 12 nitrogen and oxygen atoms in total. The number of phosphoric ester groups is 1. The van der Waals surface area contributed by atoms with Crippen LogP contribution in [0.3, 0.4) is 0 Å². The molecule has 1 atom stereocenters. The molecule has 2 aromatic heterocycles. The maximum Gasteiger partial charge on any atom is 0.470 e. The number of hydrogen-bond donors (Lipinski definition) is 2. The van der Waals surface area contributed by atoms with Gasteiger partial charge in [0.2, 0.25) is 5.82 Å². The number of hydrogen-bond acceptors (Lipinski definition) is 8. The fourth-order valence-corrected chi connectivity index (χ4v) is 4.72. The number of aromatic nitrogens is 5. The number of aryl methyl sites for hydroxylation is 1. The Balaban J connectivity index is 1.29. The number of benzene rings is 1. The molecule has 1 saturated carbocycles. The van der Waals surface area contributed by atoms with Gasteiger partial charge in [0.05, 0.1) is 24.9 Å². The van der Waals surface area contributed by atoms with E-state index in [2.05, 4.69) is 20.4 Å². The molecule has 2 aliphatic rings. The van der Waals surface area contributed by atoms with Gasteiger partial charge in [0.25, 0.3) is 0 Å². The van der Waals surface area contributed by atoms with Gasteiger partial charge in [0.1, 0.15) is 17.6 Å². The topological polar surface area (TPSA) is 153 Å². The molecular formula is C20H20FN6O6P. The van der Waals surface area contributed by atoms with Crippen molar-refractivity contribution in [2.24, 2.45) is 7.05 Å². The highest BCUT2D eigenvalue weighted by Crippen LogP contribution is 2.55. The lowest BCUT2D eigenvalue weighted by atomic mass is 10.1. The predicted molar refractivity (Wildman–Crippen MR) is 115 cm³/mol. The van der Waals surface area contributed by atoms with E-state index in [-0.39, 0.29) is 13.0 Å². The van der Waals surface area contributed by atoms with Gasteiger partial charge in [-0.05, 0) is 42.3 Å². The molecule has 2 fully saturated rings. The fraction of sp³-hybridized carbons (Fsp3) is 0.350. The summed E-state index contributed by atoms with van der Waals surface area (Å²) in [7, 11) is -3.01. The number of tetrazole rings is 1. The minimum atomic E-state index is -4.65. The molecule has 5 rings (SSSR count). The Bertz CT molecular complexity index is 1290. The Morgan fingerprint density at radius 1 is 1.29 bits per heavy atom. The SMILES string of the molecule is Cn1nnc(-c2ccc(-c3ccc(N4C[C@H](CC5(OP(=O)(O)O)CC5)OC4=O)cc3F)cn2)n1. The van der Waals surface area contributed by atoms with Crippen molar-refractivity contribution >= 4 is 19.6 Å². The third-order valence-corrected chi connectivity index (χ3v) is 6.30. The van der Waals surface area contributed by atoms with Gasteiger partial charge in [-0.2, -0.15) is 4.80 Å². The number of anilines is 1. The van der Waals surface area contributed by atoms with Gasteiger partial charge in [-0.1, -0.05) is 6.07 Å². The number of nitrogens with zero attached hydrogens (tertiary/aromatic N) is 6. The molecule has 3 heterocycles. The normalized spacial score (nSPS) is 19.4. The minimum absolute atomic E-state index is 0.116. The van der Waals surface area contributed by atoms with Crippen LogP contribution in [0.1, 0.15) is 19.3 Å². The Labute approximate surface area is 192 Å². The predicted octanol–water partition coefficient (Wildman–Crippen LogP) is 2.44. The first-order valence-electron chi connectivity index (χ1n) is 10.4. The molecule has 14 heteroatoms. The summed E-state index contributed by atoms with van der Waals surface area (Å²) in [5.74, 6) is -0.199. The number of ether oxygens (including phenoxy) is 1. The van der Waals surface area contributed by atoms with Gasteiger partial charge in [0, 0.05) is 23.7 Å². The van der Waals surface area contributed by atoms with Crippen LogP contribution in [-0.2, 0) is 20.9 Å². The maximum atomic E-state index is 15.0. The average molecular weight is 490 g/mol. The van der Waals surface area contributed by atoms with E-state index in [4.69, 9.17) is 19.0 Å². The molecule has 0 bridgehead atoms. The van der Waals surface area contributed by atoms with E-state index >= 15 is 0 Å². The van der Waals surface area contributed by atoms with E-state index in [9.17, 15) is 13.8 Å². The van der Waals surface area contributed by atoms with Gasteiger partial charge >= 0.3 is 13.9 Å². The van der Waals surface area contributed by atoms with E-state index in [1.54, 1.807) is 31.3 Å². The number of cyclic esters (lactones) is 1. The summed E-state index contributed by atoms with van der Waals surface area (Å²) in [5.41, 5.74) is 0.642. The fourth-order valence-electron chi connectivity index (χ4n) is 3.96. The number of halogens is 1. The van der Waals surface area contributed by atoms with Crippen molar-refractivity contribution in [1.29, 1.82) is 0 Å². The first kappa shape index (κ1) is 22.5. The Hall–Kier alpha value is -3.25. The van der Waals surface area contributed by atoms with Gasteiger partial charge in [-0.15, -0.1) is 10.2 Å². The van der Waals surface area contributed by atoms with Gasteiger partial charge < -0.3 is 14.5 Å². The van der Waals surface area contributed by atoms with Crippen molar-refractivity contribution in [3.8, 4) is 22.6 Å². The molecule has 1 amide bonds. The molecule has 1 aromatic carbocycles. The molecule has 3 aromatic rings. The van der Waals surface area contributed by atoms with E-state index in [1.165, 1.54) is 22.0 Å². The van der Waals surface area contributed by atoms with Crippen LogP contribution in [-0.4, -0.2) is 59.3 Å². The Morgan fingerprint density at radius 3 is 2.68 bits per heavy atom. The zero-order valence-electron chi connectivity index (χ0n) is 17.9. The van der Waals surface area contributed by atoms with Gasteiger partial charge in [-0.25, -0.2) is 13.8 Å². The molecule has 1 aliphatic heterocycles. The van der Waals surface area contributed by atoms with Crippen LogP contribution >= 0.6 is 7.82 Å². The van der Waals surface area contributed by atoms with Crippen LogP contribution in [0.2, 0.25) is 0 Å². The zero-order valence-corrected chi connectivity index (χ0v) is 18.8. The van der Waals surface area contributed by atoms with Crippen LogP contribution in [0.4, 0.5) is 14.9 Å². The van der Waals surface area contributed by atoms with Crippen molar-refractivity contribution < 1.29 is 32.8 Å². The zero-order chi connectivity index (χ0) is 24.1. The van der Waals surface area contributed by atoms with Crippen molar-refractivity contribution in [2.75, 3.05) is 11.4 Å². The van der Waals surface area contributed by atoms with E-state index in [0.717, 1.165) is 0 Å². The second-order valence-electron chi connectivity index (χ2n) is 8.28. The van der Waals surface area contributed by atoms with Gasteiger partial charge in [0.15, 0.2) is 0 Å². The summed E-state index contributed by atoms with van der Waals surface area (Å²) in [6, 6.07) is 7.72. The largest absolute Gasteiger partial charge is 0.470 e. The smallest absolute Gasteiger partial charge is 0.444 e. The summed E-state index contributed by atoms with van der Waals surface area (Å²) in [4.78, 5) is 37.4. The number of rotatable bonds is 7. The molecule has 0 radical (unpaired) electrons. The summed E-state index contributed by atoms with van der Waals surface area (Å²) < 4.78 is 36.4. The van der Waals surface area contributed by atoms with Crippen LogP contribution in [0.15, 0.2) is 36.5 Å². The van der Waals surface area contributed by atoms with Crippen molar-refractivity contribution in [3.63, 3.8) is 0 Å². The highest BCUT2D eigenvalue weighted by Gasteiger charge is 2.52. The highest BCUT2D eigenvalue weighted by atomic mass is 31.2. The van der Waals surface area contributed by atoms with E-state index in [0.29, 0.717) is 41.2 Å². The summed E-state index contributed by atoms with van der Waals surface area (Å²) in [6.45, 7) is 0.116. The van der Waals surface area contributed by atoms with Crippen LogP contribution in [0, 0.1) is 5.82 Å². The molecular weight excluding hydrogens is 470 g/mol. The highest BCUT2D eigenvalue weighted by molar-refractivity contribution is 7.46. The third kappa shape index (κ3) is 4.68. The summed E-state index contributed by atoms with van der Waals surface area (Å²) >= 11 is 0. The van der Waals surface area contributed by atoms with Gasteiger partial charge in [-0.3, -0.25) is 14.4 Å². The van der Waals surface area contributed by atoms with Crippen molar-refractivity contribution in [2.45, 2.75) is 31.0 Å². The number of carbonyl (C=O) groups excluding carboxylic acids is 1. The molecule has 2 N–H and O–H groups in total. The Morgan fingerprint density at radius 2 is 2.09 bits per heavy atom. The monoisotopic (exact) mass is 490 g/mol. The standard InChI is InChI=1S/C20H20FN6O6P/c1-26-24-18(23-25-26)17-5-2-12(10-22-17)15-4-3-13(8-16(15)21)27-11-14(32-19(27)28)9-20(6-7-20)33-34(29,30)31/h2-5,8,10,14H,6-7,9,11H2,1H3,(H2,29,30,31)/t14-/m0/s1. The number of phosphoric acid groups is 1. The summed E-state index contributed by atoms with van der Waals surface area (Å²) in [5, 5.41) is 11.7. The molecule has 0 spiro atoms. The number of carbonyl (C=O) groups is 1. The van der Waals surface area contributed by atoms with Crippen molar-refractivity contribution in [1.82, 2.24) is 25.2 Å². The average Bonchev–Trinajstić information content (AvgIpc) is 3.18. The molecule has 178 valence electrons. The molecule has 0 unspecified atom stereocenters. The molecule has 1 aliphatic carbocycles. The van der Waals surface area contributed by atoms with E-state index < -0.39 is 31.4 Å². The van der Waals surface area contributed by atoms with E-state index in [1.807, 2.05) is 0 Å². The first-order chi connectivity index (χ1) is 16.1. The van der Waals surface area contributed by atoms with Crippen LogP contribution < -0.4 is 4.90 Å². The van der Waals surface area contributed by atoms with Crippen LogP contribution in [0.5, 0.6) is 0 Å². The second-order valence-corrected chi connectivity index (χ2v) is 9.45. The quantitative estimate of drug-likeness (QED) is 0.472. The lowest BCUT2D eigenvalue weighted by Gasteiger charge is -2.19. The lowest BCUT2D eigenvalue weighted by molar-refractivity contribution is 0.0629. The first-order valence-corrected chi connectivity index (χ1v) is 11.9. The number of amides is 1. The van der Waals surface area contributed by atoms with Crippen molar-refractivity contribution in [3.05, 3.63) is 42.3 Å². The second kappa shape index (κ2) is 8.20. The Kier molecular flexibility index (Phi) is 5.44. The minimum Gasteiger partial charge on any atom is -0.444 e. The lowest BCUT2D eigenvalue weighted by Crippen LogP contribution is -2.27. The summed E-state index contributed by atoms with van der Waals surface area (Å²) in [6.07, 6.45) is 1.30. The third-order valence-electron chi connectivity index (χ3n) is 5.67. The van der Waals surface area contributed by atoms with Crippen LogP contribution in [0.25, 0.3) is 22.6 Å². The number of pyridine rings is 1. The maximum absolute atomic E-state index is 15.0. The molecule has 34 heavy (non-hydrogen) atoms.